The topological polar surface area (TPSA) is 120 Å². The highest BCUT2D eigenvalue weighted by Crippen LogP contribution is 2.31. The Labute approximate surface area is 228 Å². The van der Waals surface area contributed by atoms with Crippen LogP contribution in [0.2, 0.25) is 0 Å². The predicted molar refractivity (Wildman–Crippen MR) is 148 cm³/mol. The average molecular weight is 552 g/mol. The molecule has 198 valence electrons. The fraction of sp³-hybridized carbons (Fsp3) is 0.333. The Morgan fingerprint density at radius 1 is 1.24 bits per heavy atom. The maximum absolute atomic E-state index is 12.9. The number of ether oxygens (including phenoxy) is 1. The number of hydrogen-bond donors (Lipinski definition) is 3. The number of thiazole rings is 1. The number of aliphatic hydroxyl groups excluding tert-OH is 1. The molecule has 4 aromatic rings. The summed E-state index contributed by atoms with van der Waals surface area (Å²) in [7, 11) is 1.99. The molecule has 5 rings (SSSR count). The maximum Gasteiger partial charge on any atom is 0.322 e. The van der Waals surface area contributed by atoms with Gasteiger partial charge in [-0.3, -0.25) is 9.59 Å². The average Bonchev–Trinajstić information content (AvgIpc) is 3.61. The number of carbonyl (C=O) groups excluding carboxylic acids is 1. The summed E-state index contributed by atoms with van der Waals surface area (Å²) in [5.41, 5.74) is 3.26. The summed E-state index contributed by atoms with van der Waals surface area (Å²) in [6.45, 7) is 5.48. The van der Waals surface area contributed by atoms with E-state index in [9.17, 15) is 14.7 Å². The number of aromatic amines is 1. The molecule has 1 unspecified atom stereocenters. The number of nitrogens with zero attached hydrogens (tertiary/aromatic N) is 3. The summed E-state index contributed by atoms with van der Waals surface area (Å²) < 4.78 is 6.00. The van der Waals surface area contributed by atoms with Crippen LogP contribution in [0, 0.1) is 6.92 Å². The van der Waals surface area contributed by atoms with Gasteiger partial charge in [-0.15, -0.1) is 11.3 Å². The van der Waals surface area contributed by atoms with E-state index >= 15 is 0 Å². The van der Waals surface area contributed by atoms with Crippen LogP contribution >= 0.6 is 22.7 Å². The van der Waals surface area contributed by atoms with E-state index in [0.717, 1.165) is 44.6 Å². The molecule has 38 heavy (non-hydrogen) atoms. The van der Waals surface area contributed by atoms with Gasteiger partial charge >= 0.3 is 4.87 Å². The first kappa shape index (κ1) is 26.2. The highest BCUT2D eigenvalue weighted by atomic mass is 32.1. The van der Waals surface area contributed by atoms with E-state index < -0.39 is 6.10 Å². The van der Waals surface area contributed by atoms with E-state index in [1.807, 2.05) is 38.2 Å². The molecular formula is C27H29N5O4S2. The lowest BCUT2D eigenvalue weighted by molar-refractivity contribution is 0.0935. The molecule has 3 atom stereocenters. The van der Waals surface area contributed by atoms with Crippen molar-refractivity contribution >= 4 is 28.6 Å². The first-order valence-electron chi connectivity index (χ1n) is 12.3. The zero-order valence-electron chi connectivity index (χ0n) is 21.3. The van der Waals surface area contributed by atoms with Crippen LogP contribution in [0.3, 0.4) is 0 Å². The molecule has 0 aliphatic carbocycles. The minimum Gasteiger partial charge on any atom is -0.488 e. The summed E-state index contributed by atoms with van der Waals surface area (Å²) in [6.07, 6.45) is -0.534. The van der Waals surface area contributed by atoms with Gasteiger partial charge < -0.3 is 20.1 Å². The van der Waals surface area contributed by atoms with Crippen molar-refractivity contribution in [1.29, 1.82) is 0 Å². The Kier molecular flexibility index (Phi) is 7.70. The van der Waals surface area contributed by atoms with Gasteiger partial charge in [0.1, 0.15) is 22.4 Å². The molecular weight excluding hydrogens is 522 g/mol. The van der Waals surface area contributed by atoms with Gasteiger partial charge in [0.05, 0.1) is 22.7 Å². The Morgan fingerprint density at radius 2 is 2.03 bits per heavy atom. The molecule has 1 saturated heterocycles. The summed E-state index contributed by atoms with van der Waals surface area (Å²) in [5.74, 6) is 0.455. The second kappa shape index (κ2) is 11.2. The van der Waals surface area contributed by atoms with E-state index in [2.05, 4.69) is 20.4 Å². The van der Waals surface area contributed by atoms with Gasteiger partial charge in [0.25, 0.3) is 5.91 Å². The second-order valence-electron chi connectivity index (χ2n) is 9.50. The lowest BCUT2D eigenvalue weighted by Crippen LogP contribution is -2.39. The van der Waals surface area contributed by atoms with Crippen LogP contribution in [0.15, 0.2) is 53.3 Å². The Morgan fingerprint density at radius 3 is 2.74 bits per heavy atom. The summed E-state index contributed by atoms with van der Waals surface area (Å²) in [5, 5.41) is 21.2. The molecule has 9 nitrogen and oxygen atoms in total. The van der Waals surface area contributed by atoms with Gasteiger partial charge in [-0.1, -0.05) is 29.5 Å². The van der Waals surface area contributed by atoms with Crippen LogP contribution in [0.1, 0.15) is 50.4 Å². The second-order valence-corrected chi connectivity index (χ2v) is 11.6. The number of nitrogens with one attached hydrogen (secondary N) is 2. The van der Waals surface area contributed by atoms with Crippen molar-refractivity contribution in [3.63, 3.8) is 0 Å². The van der Waals surface area contributed by atoms with Crippen LogP contribution in [0.4, 0.5) is 0 Å². The number of amides is 1. The molecule has 0 radical (unpaired) electrons. The number of benzene rings is 2. The number of rotatable bonds is 8. The fourth-order valence-corrected chi connectivity index (χ4v) is 6.25. The van der Waals surface area contributed by atoms with Crippen LogP contribution in [0.5, 0.6) is 5.75 Å². The van der Waals surface area contributed by atoms with Crippen molar-refractivity contribution in [2.24, 2.45) is 0 Å². The first-order valence-corrected chi connectivity index (χ1v) is 13.9. The monoisotopic (exact) mass is 551 g/mol. The molecule has 1 amide bonds. The number of aryl methyl sites for hydroxylation is 1. The van der Waals surface area contributed by atoms with Gasteiger partial charge in [0.2, 0.25) is 0 Å². The van der Waals surface area contributed by atoms with Crippen molar-refractivity contribution in [2.45, 2.75) is 38.5 Å². The molecule has 1 fully saturated rings. The molecule has 0 saturated carbocycles. The van der Waals surface area contributed by atoms with E-state index in [-0.39, 0.29) is 22.7 Å². The summed E-state index contributed by atoms with van der Waals surface area (Å²) in [6, 6.07) is 14.7. The zero-order chi connectivity index (χ0) is 26.8. The standard InChI is InChI=1S/C27H29N5O4S2/c1-15-23(37-25(28-15)19-6-4-5-18(11-19)16(2)33)14-36-20-9-7-17(8-10-20)24(34)29-22-13-32(3)12-21(22)26-30-31-27(35)38-26/h4-11,16,21-22,33H,12-14H2,1-3H3,(H,29,34)(H,31,35)/t16?,21-,22+/m0/s1. The summed E-state index contributed by atoms with van der Waals surface area (Å²) >= 11 is 2.66. The van der Waals surface area contributed by atoms with Gasteiger partial charge in [-0.25, -0.2) is 10.1 Å². The molecule has 0 bridgehead atoms. The lowest BCUT2D eigenvalue weighted by atomic mass is 10.0. The third kappa shape index (κ3) is 5.86. The molecule has 0 spiro atoms. The van der Waals surface area contributed by atoms with Gasteiger partial charge in [0.15, 0.2) is 0 Å². The molecule has 1 aliphatic heterocycles. The van der Waals surface area contributed by atoms with Crippen molar-refractivity contribution in [2.75, 3.05) is 20.1 Å². The quantitative estimate of drug-likeness (QED) is 0.305. The smallest absolute Gasteiger partial charge is 0.322 e. The van der Waals surface area contributed by atoms with Crippen LogP contribution in [-0.4, -0.2) is 57.3 Å². The zero-order valence-corrected chi connectivity index (χ0v) is 22.9. The third-order valence-corrected chi connectivity index (χ3v) is 8.65. The lowest BCUT2D eigenvalue weighted by Gasteiger charge is -2.18. The Balaban J connectivity index is 1.20. The minimum atomic E-state index is -0.534. The van der Waals surface area contributed by atoms with Crippen LogP contribution in [0.25, 0.3) is 10.6 Å². The normalized spacial score (nSPS) is 18.4. The number of aromatic nitrogens is 3. The number of hydrogen-bond acceptors (Lipinski definition) is 9. The number of likely N-dealkylation sites (tertiary alicyclic amines) is 1. The summed E-state index contributed by atoms with van der Waals surface area (Å²) in [4.78, 5) is 32.1. The number of carbonyl (C=O) groups is 1. The van der Waals surface area contributed by atoms with Gasteiger partial charge in [-0.05, 0) is 56.8 Å². The molecule has 11 heteroatoms. The number of aliphatic hydroxyl groups is 1. The van der Waals surface area contributed by atoms with E-state index in [0.29, 0.717) is 29.5 Å². The predicted octanol–water partition coefficient (Wildman–Crippen LogP) is 3.72. The van der Waals surface area contributed by atoms with E-state index in [4.69, 9.17) is 9.72 Å². The molecule has 2 aromatic heterocycles. The maximum atomic E-state index is 12.9. The molecule has 1 aliphatic rings. The number of likely N-dealkylation sites (N-methyl/N-ethyl adjacent to an activating group) is 1. The van der Waals surface area contributed by atoms with E-state index in [1.54, 1.807) is 42.5 Å². The molecule has 3 N–H and O–H groups in total. The molecule has 3 heterocycles. The largest absolute Gasteiger partial charge is 0.488 e. The first-order chi connectivity index (χ1) is 18.3. The SMILES string of the molecule is Cc1nc(-c2cccc(C(C)O)c2)sc1COc1ccc(C(=O)N[C@@H]2CN(C)C[C@@H]2c2n[nH]c(=O)s2)cc1. The van der Waals surface area contributed by atoms with Gasteiger partial charge in [-0.2, -0.15) is 5.10 Å². The number of H-pyrrole nitrogens is 1. The third-order valence-electron chi connectivity index (χ3n) is 6.59. The Bertz CT molecular complexity index is 1480. The highest BCUT2D eigenvalue weighted by molar-refractivity contribution is 7.15. The van der Waals surface area contributed by atoms with Crippen molar-refractivity contribution < 1.29 is 14.6 Å². The Hall–Kier alpha value is -3.38. The van der Waals surface area contributed by atoms with Crippen LogP contribution < -0.4 is 14.9 Å². The van der Waals surface area contributed by atoms with Crippen molar-refractivity contribution in [3.8, 4) is 16.3 Å². The van der Waals surface area contributed by atoms with Gasteiger partial charge in [0, 0.05) is 30.1 Å². The fourth-order valence-electron chi connectivity index (χ4n) is 4.52. The minimum absolute atomic E-state index is 0.0300. The van der Waals surface area contributed by atoms with Crippen molar-refractivity contribution in [3.05, 3.63) is 84.9 Å². The van der Waals surface area contributed by atoms with Crippen molar-refractivity contribution in [1.82, 2.24) is 25.4 Å². The molecule has 2 aromatic carbocycles. The van der Waals surface area contributed by atoms with E-state index in [1.165, 1.54) is 0 Å². The highest BCUT2D eigenvalue weighted by Gasteiger charge is 2.35. The van der Waals surface area contributed by atoms with Crippen LogP contribution in [-0.2, 0) is 6.61 Å².